The fourth-order valence-corrected chi connectivity index (χ4v) is 1.73. The lowest BCUT2D eigenvalue weighted by molar-refractivity contribution is -0.152. The van der Waals surface area contributed by atoms with Gasteiger partial charge < -0.3 is 4.74 Å². The number of cyclic esters (lactones) is 2. The van der Waals surface area contributed by atoms with E-state index >= 15 is 0 Å². The molecule has 1 aromatic carbocycles. The van der Waals surface area contributed by atoms with E-state index < -0.39 is 17.9 Å². The number of hydrogen-bond acceptors (Lipinski definition) is 3. The van der Waals surface area contributed by atoms with Gasteiger partial charge in [-0.3, -0.25) is 9.59 Å². The van der Waals surface area contributed by atoms with Crippen LogP contribution in [0.4, 0.5) is 0 Å². The minimum atomic E-state index is -0.435. The summed E-state index contributed by atoms with van der Waals surface area (Å²) in [6.07, 6.45) is 2.07. The number of esters is 2. The van der Waals surface area contributed by atoms with Crippen LogP contribution in [-0.2, 0) is 14.3 Å². The van der Waals surface area contributed by atoms with E-state index in [0.717, 1.165) is 11.1 Å². The molecule has 1 aliphatic rings. The van der Waals surface area contributed by atoms with E-state index in [4.69, 9.17) is 0 Å². The number of carbonyl (C=O) groups is 2. The van der Waals surface area contributed by atoms with Crippen LogP contribution in [0.2, 0.25) is 0 Å². The second kappa shape index (κ2) is 4.31. The van der Waals surface area contributed by atoms with E-state index in [0.29, 0.717) is 0 Å². The normalized spacial score (nSPS) is 21.1. The Morgan fingerprint density at radius 3 is 2.56 bits per heavy atom. The standard InChI is InChI=1S/C13H12O3/c1-9(7-10-5-3-2-4-6-10)11-8-12(14)16-13(11)15/h2-7,11H,8H2,1H3/b9-7-. The fourth-order valence-electron chi connectivity index (χ4n) is 1.73. The average Bonchev–Trinajstić information content (AvgIpc) is 2.59. The average molecular weight is 216 g/mol. The summed E-state index contributed by atoms with van der Waals surface area (Å²) in [6, 6.07) is 9.69. The minimum absolute atomic E-state index is 0.161. The van der Waals surface area contributed by atoms with Crippen molar-refractivity contribution in [2.24, 2.45) is 5.92 Å². The molecule has 0 saturated carbocycles. The molecule has 1 fully saturated rings. The van der Waals surface area contributed by atoms with Gasteiger partial charge in [-0.1, -0.05) is 42.0 Å². The minimum Gasteiger partial charge on any atom is -0.393 e. The van der Waals surface area contributed by atoms with Crippen molar-refractivity contribution in [1.82, 2.24) is 0 Å². The zero-order valence-corrected chi connectivity index (χ0v) is 8.97. The molecule has 0 bridgehead atoms. The van der Waals surface area contributed by atoms with Gasteiger partial charge in [-0.2, -0.15) is 0 Å². The van der Waals surface area contributed by atoms with E-state index in [2.05, 4.69) is 4.74 Å². The molecule has 0 aromatic heterocycles. The van der Waals surface area contributed by atoms with Crippen LogP contribution in [0.5, 0.6) is 0 Å². The highest BCUT2D eigenvalue weighted by atomic mass is 16.6. The molecule has 1 unspecified atom stereocenters. The molecule has 0 radical (unpaired) electrons. The van der Waals surface area contributed by atoms with Crippen LogP contribution in [0.15, 0.2) is 35.9 Å². The first-order valence-electron chi connectivity index (χ1n) is 5.14. The maximum atomic E-state index is 11.3. The van der Waals surface area contributed by atoms with Crippen molar-refractivity contribution < 1.29 is 14.3 Å². The highest BCUT2D eigenvalue weighted by molar-refractivity contribution is 5.96. The monoisotopic (exact) mass is 216 g/mol. The van der Waals surface area contributed by atoms with Gasteiger partial charge in [-0.15, -0.1) is 0 Å². The number of ether oxygens (including phenoxy) is 1. The SMILES string of the molecule is C/C(=C/c1ccccc1)C1CC(=O)OC1=O. The van der Waals surface area contributed by atoms with Crippen LogP contribution in [0.3, 0.4) is 0 Å². The van der Waals surface area contributed by atoms with Gasteiger partial charge in [-0.25, -0.2) is 0 Å². The van der Waals surface area contributed by atoms with Crippen molar-refractivity contribution in [1.29, 1.82) is 0 Å². The third-order valence-corrected chi connectivity index (χ3v) is 2.61. The first kappa shape index (κ1) is 10.6. The Bertz CT molecular complexity index is 446. The van der Waals surface area contributed by atoms with E-state index in [1.807, 2.05) is 43.3 Å². The zero-order chi connectivity index (χ0) is 11.5. The molecule has 2 rings (SSSR count). The molecule has 1 aliphatic heterocycles. The first-order valence-corrected chi connectivity index (χ1v) is 5.14. The Hall–Kier alpha value is -1.90. The van der Waals surface area contributed by atoms with Gasteiger partial charge in [0.15, 0.2) is 0 Å². The molecule has 1 aromatic rings. The van der Waals surface area contributed by atoms with Crippen LogP contribution in [0.1, 0.15) is 18.9 Å². The molecule has 0 amide bonds. The first-order chi connectivity index (χ1) is 7.66. The van der Waals surface area contributed by atoms with Gasteiger partial charge in [0, 0.05) is 0 Å². The summed E-state index contributed by atoms with van der Waals surface area (Å²) in [4.78, 5) is 22.3. The molecule has 82 valence electrons. The van der Waals surface area contributed by atoms with Crippen molar-refractivity contribution >= 4 is 18.0 Å². The third-order valence-electron chi connectivity index (χ3n) is 2.61. The summed E-state index contributed by atoms with van der Waals surface area (Å²) in [6.45, 7) is 1.84. The molecular weight excluding hydrogens is 204 g/mol. The van der Waals surface area contributed by atoms with E-state index in [9.17, 15) is 9.59 Å². The number of benzene rings is 1. The molecule has 3 heteroatoms. The summed E-state index contributed by atoms with van der Waals surface area (Å²) in [5, 5.41) is 0. The molecule has 1 saturated heterocycles. The summed E-state index contributed by atoms with van der Waals surface area (Å²) in [5.41, 5.74) is 1.88. The van der Waals surface area contributed by atoms with E-state index in [1.165, 1.54) is 0 Å². The highest BCUT2D eigenvalue weighted by Gasteiger charge is 2.34. The summed E-state index contributed by atoms with van der Waals surface area (Å²) in [7, 11) is 0. The topological polar surface area (TPSA) is 43.4 Å². The molecule has 3 nitrogen and oxygen atoms in total. The fraction of sp³-hybridized carbons (Fsp3) is 0.231. The molecule has 0 spiro atoms. The third kappa shape index (κ3) is 2.19. The summed E-state index contributed by atoms with van der Waals surface area (Å²) in [5.74, 6) is -1.28. The van der Waals surface area contributed by atoms with E-state index in [1.54, 1.807) is 0 Å². The lowest BCUT2D eigenvalue weighted by atomic mass is 9.97. The van der Waals surface area contributed by atoms with Crippen molar-refractivity contribution in [2.45, 2.75) is 13.3 Å². The Kier molecular flexibility index (Phi) is 2.86. The van der Waals surface area contributed by atoms with Crippen molar-refractivity contribution in [3.63, 3.8) is 0 Å². The molecule has 1 atom stereocenters. The predicted molar refractivity (Wildman–Crippen MR) is 59.3 cm³/mol. The van der Waals surface area contributed by atoms with Crippen LogP contribution < -0.4 is 0 Å². The van der Waals surface area contributed by atoms with Crippen molar-refractivity contribution in [3.05, 3.63) is 41.5 Å². The van der Waals surface area contributed by atoms with Crippen LogP contribution in [-0.4, -0.2) is 11.9 Å². The lowest BCUT2D eigenvalue weighted by Gasteiger charge is -2.04. The second-order valence-corrected chi connectivity index (χ2v) is 3.85. The Morgan fingerprint density at radius 1 is 1.31 bits per heavy atom. The molecule has 16 heavy (non-hydrogen) atoms. The molecule has 1 heterocycles. The zero-order valence-electron chi connectivity index (χ0n) is 8.97. The maximum Gasteiger partial charge on any atom is 0.321 e. The van der Waals surface area contributed by atoms with Crippen LogP contribution in [0, 0.1) is 5.92 Å². The highest BCUT2D eigenvalue weighted by Crippen LogP contribution is 2.25. The van der Waals surface area contributed by atoms with Gasteiger partial charge in [0.25, 0.3) is 0 Å². The second-order valence-electron chi connectivity index (χ2n) is 3.85. The maximum absolute atomic E-state index is 11.3. The van der Waals surface area contributed by atoms with Gasteiger partial charge in [0.05, 0.1) is 12.3 Å². The van der Waals surface area contributed by atoms with Gasteiger partial charge in [-0.05, 0) is 12.5 Å². The summed E-state index contributed by atoms with van der Waals surface area (Å²) < 4.78 is 4.51. The molecule has 0 aliphatic carbocycles. The molecule has 0 N–H and O–H groups in total. The van der Waals surface area contributed by atoms with Crippen molar-refractivity contribution in [2.75, 3.05) is 0 Å². The Labute approximate surface area is 93.7 Å². The van der Waals surface area contributed by atoms with Gasteiger partial charge in [0.2, 0.25) is 0 Å². The van der Waals surface area contributed by atoms with Crippen LogP contribution in [0.25, 0.3) is 6.08 Å². The number of carbonyl (C=O) groups excluding carboxylic acids is 2. The van der Waals surface area contributed by atoms with Gasteiger partial charge >= 0.3 is 11.9 Å². The van der Waals surface area contributed by atoms with Gasteiger partial charge in [0.1, 0.15) is 0 Å². The quantitative estimate of drug-likeness (QED) is 0.562. The van der Waals surface area contributed by atoms with Crippen molar-refractivity contribution in [3.8, 4) is 0 Å². The number of hydrogen-bond donors (Lipinski definition) is 0. The summed E-state index contributed by atoms with van der Waals surface area (Å²) >= 11 is 0. The predicted octanol–water partition coefficient (Wildman–Crippen LogP) is 2.18. The van der Waals surface area contributed by atoms with Crippen LogP contribution >= 0.6 is 0 Å². The lowest BCUT2D eigenvalue weighted by Crippen LogP contribution is -2.08. The smallest absolute Gasteiger partial charge is 0.321 e. The Morgan fingerprint density at radius 2 is 2.00 bits per heavy atom. The largest absolute Gasteiger partial charge is 0.393 e. The molecular formula is C13H12O3. The number of rotatable bonds is 2. The Balaban J connectivity index is 2.19. The van der Waals surface area contributed by atoms with E-state index in [-0.39, 0.29) is 6.42 Å².